The topological polar surface area (TPSA) is 107 Å². The minimum absolute atomic E-state index is 0.0144. The van der Waals surface area contributed by atoms with E-state index in [1.165, 1.54) is 6.20 Å². The van der Waals surface area contributed by atoms with Crippen molar-refractivity contribution in [1.82, 2.24) is 14.5 Å². The molecule has 0 radical (unpaired) electrons. The number of carbonyl (C=O) groups is 1. The fraction of sp³-hybridized carbons (Fsp3) is 0.282. The smallest absolute Gasteiger partial charge is 0.331 e. The minimum Gasteiger partial charge on any atom is -0.474 e. The van der Waals surface area contributed by atoms with Crippen LogP contribution in [-0.4, -0.2) is 46.0 Å². The molecule has 1 aromatic heterocycles. The van der Waals surface area contributed by atoms with Crippen LogP contribution >= 0.6 is 0 Å². The highest BCUT2D eigenvalue weighted by Crippen LogP contribution is 2.44. The number of halogens is 2. The molecule has 51 heavy (non-hydrogen) atoms. The van der Waals surface area contributed by atoms with E-state index in [9.17, 15) is 9.18 Å². The molecule has 12 heteroatoms. The minimum atomic E-state index is -3.99. The molecule has 1 aliphatic heterocycles. The molecule has 8 rings (SSSR count). The number of rotatable bonds is 8. The summed E-state index contributed by atoms with van der Waals surface area (Å²) in [6.07, 6.45) is 1.56. The van der Waals surface area contributed by atoms with E-state index in [1.54, 1.807) is 11.8 Å². The lowest BCUT2D eigenvalue weighted by Crippen LogP contribution is -2.39. The van der Waals surface area contributed by atoms with Crippen molar-refractivity contribution in [3.05, 3.63) is 142 Å². The Morgan fingerprint density at radius 2 is 1.51 bits per heavy atom. The Hall–Kier alpha value is -5.07. The zero-order valence-electron chi connectivity index (χ0n) is 28.0. The number of urea groups is 1. The van der Waals surface area contributed by atoms with Crippen LogP contribution in [0.15, 0.2) is 106 Å². The van der Waals surface area contributed by atoms with Crippen LogP contribution in [0, 0.1) is 5.82 Å². The van der Waals surface area contributed by atoms with Crippen molar-refractivity contribution < 1.29 is 27.3 Å². The number of fused-ring (bicyclic) bond motifs is 3. The van der Waals surface area contributed by atoms with Gasteiger partial charge in [-0.1, -0.05) is 91.0 Å². The first-order chi connectivity index (χ1) is 24.8. The van der Waals surface area contributed by atoms with Gasteiger partial charge in [-0.2, -0.15) is 9.46 Å². The third-order valence-electron chi connectivity index (χ3n) is 10.1. The maximum absolute atomic E-state index is 16.0. The summed E-state index contributed by atoms with van der Waals surface area (Å²) in [7, 11) is -2.41. The van der Waals surface area contributed by atoms with Crippen molar-refractivity contribution in [2.24, 2.45) is 4.36 Å². The maximum Gasteiger partial charge on any atom is 0.331 e. The Balaban J connectivity index is 1.34. The average molecular weight is 710 g/mol. The monoisotopic (exact) mass is 709 g/mol. The Morgan fingerprint density at radius 3 is 2.12 bits per heavy atom. The third-order valence-corrected chi connectivity index (χ3v) is 11.9. The molecule has 3 aliphatic rings. The van der Waals surface area contributed by atoms with Gasteiger partial charge in [-0.15, -0.1) is 0 Å². The summed E-state index contributed by atoms with van der Waals surface area (Å²) >= 11 is 0. The summed E-state index contributed by atoms with van der Waals surface area (Å²) in [6, 6.07) is 27.6. The predicted octanol–water partition coefficient (Wildman–Crippen LogP) is 6.91. The molecule has 0 fully saturated rings. The Bertz CT molecular complexity index is 2130. The molecule has 2 N–H and O–H groups in total. The van der Waals surface area contributed by atoms with Crippen molar-refractivity contribution in [1.29, 1.82) is 0 Å². The van der Waals surface area contributed by atoms with Crippen LogP contribution in [0.1, 0.15) is 45.4 Å². The van der Waals surface area contributed by atoms with Crippen LogP contribution in [-0.2, 0) is 52.4 Å². The van der Waals surface area contributed by atoms with E-state index in [1.807, 2.05) is 91.0 Å². The third kappa shape index (κ3) is 5.76. The van der Waals surface area contributed by atoms with Crippen LogP contribution in [0.5, 0.6) is 5.88 Å². The fourth-order valence-electron chi connectivity index (χ4n) is 7.68. The number of benzene rings is 4. The van der Waals surface area contributed by atoms with Gasteiger partial charge in [-0.3, -0.25) is 0 Å². The predicted molar refractivity (Wildman–Crippen MR) is 189 cm³/mol. The molecule has 3 atom stereocenters. The SMILES string of the molecule is COC1COc2c(S(=O)(=NC(c3ccccc3)(c3ccccc3)c3ccccc3)NC(=O)Nc3c4c(c(F)c5c3C[C@H](F)C5)CCC4)cnn2C1. The second-order valence-corrected chi connectivity index (χ2v) is 15.0. The summed E-state index contributed by atoms with van der Waals surface area (Å²) in [5.41, 5.74) is 3.03. The lowest BCUT2D eigenvalue weighted by Gasteiger charge is -2.33. The number of carbonyl (C=O) groups excluding carboxylic acids is 1. The number of nitrogens with zero attached hydrogens (tertiary/aromatic N) is 3. The number of amides is 2. The van der Waals surface area contributed by atoms with Gasteiger partial charge in [0.2, 0.25) is 5.88 Å². The van der Waals surface area contributed by atoms with Gasteiger partial charge in [0.1, 0.15) is 35.1 Å². The van der Waals surface area contributed by atoms with Crippen LogP contribution in [0.3, 0.4) is 0 Å². The first-order valence-corrected chi connectivity index (χ1v) is 18.6. The van der Waals surface area contributed by atoms with E-state index < -0.39 is 27.7 Å². The number of aromatic nitrogens is 2. The van der Waals surface area contributed by atoms with E-state index in [2.05, 4.69) is 15.1 Å². The molecule has 5 aromatic rings. The maximum atomic E-state index is 16.0. The summed E-state index contributed by atoms with van der Waals surface area (Å²) in [5.74, 6) is -0.178. The van der Waals surface area contributed by atoms with Gasteiger partial charge in [0.05, 0.1) is 12.7 Å². The van der Waals surface area contributed by atoms with Gasteiger partial charge in [-0.05, 0) is 58.2 Å². The average Bonchev–Trinajstić information content (AvgIpc) is 3.92. The van der Waals surface area contributed by atoms with Crippen LogP contribution in [0.2, 0.25) is 0 Å². The number of hydrogen-bond acceptors (Lipinski definition) is 6. The van der Waals surface area contributed by atoms with Crippen LogP contribution < -0.4 is 14.8 Å². The van der Waals surface area contributed by atoms with Gasteiger partial charge >= 0.3 is 6.03 Å². The quantitative estimate of drug-likeness (QED) is 0.170. The lowest BCUT2D eigenvalue weighted by molar-refractivity contribution is 0.0165. The lowest BCUT2D eigenvalue weighted by atomic mass is 9.78. The van der Waals surface area contributed by atoms with Crippen LogP contribution in [0.25, 0.3) is 0 Å². The Kier molecular flexibility index (Phi) is 8.59. The highest BCUT2D eigenvalue weighted by Gasteiger charge is 2.41. The molecule has 2 unspecified atom stereocenters. The highest BCUT2D eigenvalue weighted by molar-refractivity contribution is 7.92. The van der Waals surface area contributed by atoms with E-state index in [4.69, 9.17) is 13.8 Å². The van der Waals surface area contributed by atoms with Crippen molar-refractivity contribution in [2.75, 3.05) is 19.0 Å². The Morgan fingerprint density at radius 1 is 0.922 bits per heavy atom. The molecule has 4 aromatic carbocycles. The molecule has 2 heterocycles. The van der Waals surface area contributed by atoms with Gasteiger partial charge < -0.3 is 14.8 Å². The van der Waals surface area contributed by atoms with Crippen LogP contribution in [0.4, 0.5) is 19.3 Å². The van der Waals surface area contributed by atoms with E-state index >= 15 is 8.60 Å². The molecule has 0 saturated carbocycles. The van der Waals surface area contributed by atoms with E-state index in [0.717, 1.165) is 0 Å². The van der Waals surface area contributed by atoms with Gasteiger partial charge in [0.15, 0.2) is 9.92 Å². The summed E-state index contributed by atoms with van der Waals surface area (Å²) in [5, 5.41) is 7.39. The first-order valence-electron chi connectivity index (χ1n) is 17.0. The Labute approximate surface area is 295 Å². The molecule has 0 bridgehead atoms. The molecule has 262 valence electrons. The number of ether oxygens (including phenoxy) is 2. The number of nitrogens with one attached hydrogen (secondary N) is 2. The summed E-state index contributed by atoms with van der Waals surface area (Å²) < 4.78 is 67.4. The molecule has 0 saturated heterocycles. The van der Waals surface area contributed by atoms with Gasteiger partial charge in [0.25, 0.3) is 0 Å². The molecule has 2 amide bonds. The van der Waals surface area contributed by atoms with Crippen molar-refractivity contribution in [3.63, 3.8) is 0 Å². The molecule has 9 nitrogen and oxygen atoms in total. The van der Waals surface area contributed by atoms with E-state index in [-0.39, 0.29) is 42.1 Å². The van der Waals surface area contributed by atoms with Crippen molar-refractivity contribution in [3.8, 4) is 5.88 Å². The molecular weight excluding hydrogens is 673 g/mol. The zero-order valence-corrected chi connectivity index (χ0v) is 28.8. The molecular formula is C39H37F2N5O4S. The second-order valence-electron chi connectivity index (χ2n) is 13.1. The zero-order chi connectivity index (χ0) is 35.2. The molecule has 0 spiro atoms. The normalized spacial score (nSPS) is 18.9. The van der Waals surface area contributed by atoms with Gasteiger partial charge in [0, 0.05) is 25.6 Å². The second kappa shape index (κ2) is 13.2. The number of hydrogen-bond donors (Lipinski definition) is 2. The standard InChI is InChI=1S/C39H37F2N5O4S/c1-49-29-23-46-37(50-24-29)34(22-42-46)51(48,44-38(47)43-36-31-19-11-18-30(31)35(41)32-20-28(40)21-33(32)36)45-39(25-12-5-2-6-13-25,26-14-7-3-8-15-26)27-16-9-4-10-17-27/h2-10,12-17,22,28-29H,11,18-21,23-24H2,1H3,(H2,43,44,45,47,48)/t28-,29?,51?/m1/s1. The summed E-state index contributed by atoms with van der Waals surface area (Å²) in [4.78, 5) is 14.4. The number of anilines is 1. The molecule has 2 aliphatic carbocycles. The van der Waals surface area contributed by atoms with Crippen molar-refractivity contribution >= 4 is 21.6 Å². The van der Waals surface area contributed by atoms with Gasteiger partial charge in [-0.25, -0.2) is 27.2 Å². The summed E-state index contributed by atoms with van der Waals surface area (Å²) in [6.45, 7) is 0.517. The van der Waals surface area contributed by atoms with E-state index in [0.29, 0.717) is 70.4 Å². The number of methoxy groups -OCH3 is 1. The highest BCUT2D eigenvalue weighted by atomic mass is 32.2. The number of alkyl halides is 1. The first kappa shape index (κ1) is 33.1. The van der Waals surface area contributed by atoms with Crippen molar-refractivity contribution in [2.45, 2.75) is 61.4 Å². The largest absolute Gasteiger partial charge is 0.474 e. The fourth-order valence-corrected chi connectivity index (χ4v) is 9.53.